The lowest BCUT2D eigenvalue weighted by Gasteiger charge is -2.40. The third kappa shape index (κ3) is 3.60. The van der Waals surface area contributed by atoms with Gasteiger partial charge in [-0.1, -0.05) is 12.1 Å². The Hall–Kier alpha value is -3.48. The number of amides is 1. The van der Waals surface area contributed by atoms with Gasteiger partial charge in [-0.3, -0.25) is 14.6 Å². The Morgan fingerprint density at radius 2 is 2.13 bits per heavy atom. The minimum absolute atomic E-state index is 0.0375. The van der Waals surface area contributed by atoms with Crippen LogP contribution in [-0.4, -0.2) is 44.0 Å². The maximum Gasteiger partial charge on any atom is 0.254 e. The summed E-state index contributed by atoms with van der Waals surface area (Å²) in [6.45, 7) is 1.27. The average Bonchev–Trinajstić information content (AvgIpc) is 3.12. The van der Waals surface area contributed by atoms with Gasteiger partial charge in [-0.2, -0.15) is 0 Å². The number of aromatic amines is 1. The van der Waals surface area contributed by atoms with Crippen molar-refractivity contribution in [2.75, 3.05) is 13.1 Å². The molecule has 2 N–H and O–H groups in total. The Morgan fingerprint density at radius 3 is 2.94 bits per heavy atom. The van der Waals surface area contributed by atoms with Crippen LogP contribution in [0.4, 0.5) is 0 Å². The van der Waals surface area contributed by atoms with E-state index in [1.54, 1.807) is 30.6 Å². The molecule has 158 valence electrons. The van der Waals surface area contributed by atoms with Crippen LogP contribution in [0.25, 0.3) is 11.4 Å². The molecule has 1 fully saturated rings. The number of H-pyrrole nitrogens is 1. The molecule has 2 aromatic heterocycles. The van der Waals surface area contributed by atoms with E-state index in [1.807, 2.05) is 23.1 Å². The van der Waals surface area contributed by atoms with Crippen LogP contribution in [-0.2, 0) is 23.1 Å². The SMILES string of the molecule is O=C(Cc1cccc(O)c1)N1CCCC2(CCc3c2nc(-c2cccnc2)[nH]c3=O)C1. The first-order valence-corrected chi connectivity index (χ1v) is 10.6. The summed E-state index contributed by atoms with van der Waals surface area (Å²) in [5.41, 5.74) is 2.78. The minimum Gasteiger partial charge on any atom is -0.508 e. The topological polar surface area (TPSA) is 99.2 Å². The summed E-state index contributed by atoms with van der Waals surface area (Å²) in [6, 6.07) is 10.5. The molecule has 5 rings (SSSR count). The summed E-state index contributed by atoms with van der Waals surface area (Å²) in [6.07, 6.45) is 6.93. The van der Waals surface area contributed by atoms with E-state index in [9.17, 15) is 14.7 Å². The number of pyridine rings is 1. The second kappa shape index (κ2) is 7.65. The van der Waals surface area contributed by atoms with E-state index in [4.69, 9.17) is 4.98 Å². The standard InChI is InChI=1S/C24H24N4O3/c29-18-6-1-4-16(12-18)13-20(30)28-11-3-8-24(15-28)9-7-19-21(24)26-22(27-23(19)31)17-5-2-10-25-14-17/h1-2,4-6,10,12,14,29H,3,7-9,11,13,15H2,(H,26,27,31). The first-order valence-electron chi connectivity index (χ1n) is 10.6. The third-order valence-electron chi connectivity index (χ3n) is 6.50. The van der Waals surface area contributed by atoms with E-state index in [0.717, 1.165) is 41.6 Å². The van der Waals surface area contributed by atoms with Crippen molar-refractivity contribution in [3.05, 3.63) is 76.0 Å². The van der Waals surface area contributed by atoms with Gasteiger partial charge in [-0.15, -0.1) is 0 Å². The Morgan fingerprint density at radius 1 is 1.23 bits per heavy atom. The normalized spacial score (nSPS) is 20.1. The van der Waals surface area contributed by atoms with Crippen molar-refractivity contribution in [2.24, 2.45) is 0 Å². The van der Waals surface area contributed by atoms with Gasteiger partial charge in [0.25, 0.3) is 5.56 Å². The van der Waals surface area contributed by atoms with Crippen molar-refractivity contribution in [1.82, 2.24) is 19.9 Å². The highest BCUT2D eigenvalue weighted by atomic mass is 16.3. The van der Waals surface area contributed by atoms with Gasteiger partial charge in [0.2, 0.25) is 5.91 Å². The number of rotatable bonds is 3. The van der Waals surface area contributed by atoms with Gasteiger partial charge < -0.3 is 15.0 Å². The molecule has 1 atom stereocenters. The van der Waals surface area contributed by atoms with E-state index in [-0.39, 0.29) is 29.1 Å². The highest BCUT2D eigenvalue weighted by Crippen LogP contribution is 2.43. The second-order valence-corrected chi connectivity index (χ2v) is 8.53. The van der Waals surface area contributed by atoms with Gasteiger partial charge in [-0.25, -0.2) is 4.98 Å². The molecule has 0 bridgehead atoms. The van der Waals surface area contributed by atoms with Crippen molar-refractivity contribution in [2.45, 2.75) is 37.5 Å². The van der Waals surface area contributed by atoms with Crippen LogP contribution in [0.5, 0.6) is 5.75 Å². The molecular formula is C24H24N4O3. The highest BCUT2D eigenvalue weighted by Gasteiger charge is 2.45. The van der Waals surface area contributed by atoms with Crippen LogP contribution < -0.4 is 5.56 Å². The molecule has 1 unspecified atom stereocenters. The molecular weight excluding hydrogens is 392 g/mol. The Labute approximate surface area is 179 Å². The zero-order chi connectivity index (χ0) is 21.4. The fourth-order valence-corrected chi connectivity index (χ4v) is 4.99. The molecule has 1 amide bonds. The second-order valence-electron chi connectivity index (χ2n) is 8.53. The number of nitrogens with one attached hydrogen (secondary N) is 1. The monoisotopic (exact) mass is 416 g/mol. The first-order chi connectivity index (χ1) is 15.0. The van der Waals surface area contributed by atoms with Gasteiger partial charge in [-0.05, 0) is 55.5 Å². The lowest BCUT2D eigenvalue weighted by molar-refractivity contribution is -0.132. The third-order valence-corrected chi connectivity index (χ3v) is 6.50. The van der Waals surface area contributed by atoms with Crippen molar-refractivity contribution in [1.29, 1.82) is 0 Å². The molecule has 0 radical (unpaired) electrons. The fraction of sp³-hybridized carbons (Fsp3) is 0.333. The molecule has 1 aliphatic carbocycles. The molecule has 7 heteroatoms. The smallest absolute Gasteiger partial charge is 0.254 e. The summed E-state index contributed by atoms with van der Waals surface area (Å²) >= 11 is 0. The van der Waals surface area contributed by atoms with Crippen LogP contribution in [0.2, 0.25) is 0 Å². The summed E-state index contributed by atoms with van der Waals surface area (Å²) in [7, 11) is 0. The number of benzene rings is 1. The maximum atomic E-state index is 13.0. The Bertz CT molecular complexity index is 1190. The largest absolute Gasteiger partial charge is 0.508 e. The first kappa shape index (κ1) is 19.5. The van der Waals surface area contributed by atoms with Crippen LogP contribution >= 0.6 is 0 Å². The van der Waals surface area contributed by atoms with Crippen molar-refractivity contribution < 1.29 is 9.90 Å². The van der Waals surface area contributed by atoms with Gasteiger partial charge in [0.15, 0.2) is 0 Å². The number of aromatic hydroxyl groups is 1. The Balaban J connectivity index is 1.44. The fourth-order valence-electron chi connectivity index (χ4n) is 4.99. The highest BCUT2D eigenvalue weighted by molar-refractivity contribution is 5.79. The van der Waals surface area contributed by atoms with E-state index in [1.165, 1.54) is 0 Å². The number of nitrogens with zero attached hydrogens (tertiary/aromatic N) is 3. The molecule has 2 aliphatic rings. The lowest BCUT2D eigenvalue weighted by Crippen LogP contribution is -2.48. The molecule has 3 heterocycles. The molecule has 1 aliphatic heterocycles. The predicted octanol–water partition coefficient (Wildman–Crippen LogP) is 2.59. The number of aromatic nitrogens is 3. The molecule has 0 saturated carbocycles. The van der Waals surface area contributed by atoms with Gasteiger partial charge in [0, 0.05) is 42.0 Å². The molecule has 31 heavy (non-hydrogen) atoms. The molecule has 3 aromatic rings. The summed E-state index contributed by atoms with van der Waals surface area (Å²) < 4.78 is 0. The molecule has 7 nitrogen and oxygen atoms in total. The number of fused-ring (bicyclic) bond motifs is 2. The van der Waals surface area contributed by atoms with Crippen LogP contribution in [0, 0.1) is 0 Å². The Kier molecular flexibility index (Phi) is 4.81. The van der Waals surface area contributed by atoms with Crippen LogP contribution in [0.3, 0.4) is 0 Å². The van der Waals surface area contributed by atoms with E-state index < -0.39 is 0 Å². The number of phenols is 1. The zero-order valence-corrected chi connectivity index (χ0v) is 17.2. The molecule has 1 saturated heterocycles. The van der Waals surface area contributed by atoms with Crippen LogP contribution in [0.15, 0.2) is 53.6 Å². The number of phenolic OH excluding ortho intramolecular Hbond substituents is 1. The number of carbonyl (C=O) groups excluding carboxylic acids is 1. The van der Waals surface area contributed by atoms with E-state index in [2.05, 4.69) is 9.97 Å². The lowest BCUT2D eigenvalue weighted by atomic mass is 9.77. The molecule has 1 aromatic carbocycles. The molecule has 1 spiro atoms. The average molecular weight is 416 g/mol. The zero-order valence-electron chi connectivity index (χ0n) is 17.2. The quantitative estimate of drug-likeness (QED) is 0.684. The van der Waals surface area contributed by atoms with E-state index >= 15 is 0 Å². The van der Waals surface area contributed by atoms with Crippen molar-refractivity contribution in [3.63, 3.8) is 0 Å². The van der Waals surface area contributed by atoms with E-state index in [0.29, 0.717) is 25.3 Å². The van der Waals surface area contributed by atoms with Gasteiger partial charge in [0.05, 0.1) is 12.1 Å². The van der Waals surface area contributed by atoms with Gasteiger partial charge in [0.1, 0.15) is 11.6 Å². The van der Waals surface area contributed by atoms with Gasteiger partial charge >= 0.3 is 0 Å². The number of piperidine rings is 1. The number of hydrogen-bond donors (Lipinski definition) is 2. The van der Waals surface area contributed by atoms with Crippen molar-refractivity contribution >= 4 is 5.91 Å². The number of likely N-dealkylation sites (tertiary alicyclic amines) is 1. The maximum absolute atomic E-state index is 13.0. The summed E-state index contributed by atoms with van der Waals surface area (Å²) in [5, 5.41) is 9.69. The minimum atomic E-state index is -0.284. The van der Waals surface area contributed by atoms with Crippen molar-refractivity contribution in [3.8, 4) is 17.1 Å². The number of hydrogen-bond acceptors (Lipinski definition) is 5. The number of carbonyl (C=O) groups is 1. The van der Waals surface area contributed by atoms with Crippen LogP contribution in [0.1, 0.15) is 36.1 Å². The summed E-state index contributed by atoms with van der Waals surface area (Å²) in [5.74, 6) is 0.730. The predicted molar refractivity (Wildman–Crippen MR) is 116 cm³/mol. The summed E-state index contributed by atoms with van der Waals surface area (Å²) in [4.78, 5) is 39.7.